The van der Waals surface area contributed by atoms with Gasteiger partial charge in [-0.2, -0.15) is 5.10 Å². The number of nitrogens with one attached hydrogen (secondary N) is 1. The van der Waals surface area contributed by atoms with E-state index in [4.69, 9.17) is 21.1 Å². The van der Waals surface area contributed by atoms with Gasteiger partial charge in [0.25, 0.3) is 15.9 Å². The van der Waals surface area contributed by atoms with Gasteiger partial charge in [-0.25, -0.2) is 13.8 Å². The van der Waals surface area contributed by atoms with Crippen LogP contribution in [0.15, 0.2) is 114 Å². The number of hydrazone groups is 1. The summed E-state index contributed by atoms with van der Waals surface area (Å²) in [4.78, 5) is 12.9. The molecule has 0 bridgehead atoms. The van der Waals surface area contributed by atoms with Crippen LogP contribution in [0, 0.1) is 6.92 Å². The third-order valence-electron chi connectivity index (χ3n) is 6.24. The highest BCUT2D eigenvalue weighted by molar-refractivity contribution is 7.92. The first-order chi connectivity index (χ1) is 20.2. The molecule has 4 rings (SSSR count). The van der Waals surface area contributed by atoms with E-state index in [1.165, 1.54) is 17.6 Å². The lowest BCUT2D eigenvalue weighted by molar-refractivity contribution is 0.0955. The number of rotatable bonds is 12. The normalized spacial score (nSPS) is 11.2. The standard InChI is InChI=1S/C32H30ClN3O5S/c1-4-18-41-30-17-13-25(19-31(30)40-3)21-34-35-32(37)26-14-11-24(12-15-26)22-36(29-20-27(33)16-10-23(29)2)42(38,39)28-8-6-5-7-9-28/h4-17,19-21H,1,18,22H2,2-3H3,(H,35,37)/b34-21-. The summed E-state index contributed by atoms with van der Waals surface area (Å²) in [5, 5.41) is 4.47. The van der Waals surface area contributed by atoms with Crippen molar-refractivity contribution in [1.29, 1.82) is 0 Å². The van der Waals surface area contributed by atoms with Gasteiger partial charge in [0.05, 0.1) is 30.5 Å². The summed E-state index contributed by atoms with van der Waals surface area (Å²) >= 11 is 6.24. The molecule has 216 valence electrons. The summed E-state index contributed by atoms with van der Waals surface area (Å²) in [5.41, 5.74) is 5.47. The van der Waals surface area contributed by atoms with Crippen LogP contribution in [0.25, 0.3) is 0 Å². The highest BCUT2D eigenvalue weighted by atomic mass is 35.5. The van der Waals surface area contributed by atoms with Crippen LogP contribution in [0.3, 0.4) is 0 Å². The Hall–Kier alpha value is -4.60. The van der Waals surface area contributed by atoms with Crippen molar-refractivity contribution >= 4 is 39.4 Å². The van der Waals surface area contributed by atoms with Crippen molar-refractivity contribution in [1.82, 2.24) is 5.43 Å². The highest BCUT2D eigenvalue weighted by Gasteiger charge is 2.26. The van der Waals surface area contributed by atoms with Crippen molar-refractivity contribution in [2.24, 2.45) is 5.10 Å². The fraction of sp³-hybridized carbons (Fsp3) is 0.125. The Kier molecular flexibility index (Phi) is 10.0. The molecule has 0 spiro atoms. The SMILES string of the molecule is C=CCOc1ccc(/C=N\NC(=O)c2ccc(CN(c3cc(Cl)ccc3C)S(=O)(=O)c3ccccc3)cc2)cc1OC. The van der Waals surface area contributed by atoms with Gasteiger partial charge < -0.3 is 9.47 Å². The minimum Gasteiger partial charge on any atom is -0.493 e. The molecule has 0 saturated carbocycles. The summed E-state index contributed by atoms with van der Waals surface area (Å²) in [7, 11) is -2.38. The zero-order valence-corrected chi connectivity index (χ0v) is 24.7. The summed E-state index contributed by atoms with van der Waals surface area (Å²) in [5.74, 6) is 0.675. The molecule has 0 unspecified atom stereocenters. The molecule has 0 aliphatic heterocycles. The Bertz CT molecular complexity index is 1690. The molecule has 0 radical (unpaired) electrons. The lowest BCUT2D eigenvalue weighted by atomic mass is 10.1. The summed E-state index contributed by atoms with van der Waals surface area (Å²) < 4.78 is 39.6. The molecule has 0 aliphatic rings. The van der Waals surface area contributed by atoms with Gasteiger partial charge in [-0.15, -0.1) is 0 Å². The molecule has 0 heterocycles. The van der Waals surface area contributed by atoms with E-state index in [0.717, 1.165) is 5.56 Å². The molecule has 0 aliphatic carbocycles. The number of amides is 1. The van der Waals surface area contributed by atoms with E-state index in [1.54, 1.807) is 97.1 Å². The molecule has 4 aromatic rings. The maximum Gasteiger partial charge on any atom is 0.271 e. The second kappa shape index (κ2) is 13.8. The zero-order chi connectivity index (χ0) is 30.1. The first-order valence-electron chi connectivity index (χ1n) is 12.9. The van der Waals surface area contributed by atoms with Gasteiger partial charge in [-0.1, -0.05) is 60.7 Å². The minimum atomic E-state index is -3.91. The highest BCUT2D eigenvalue weighted by Crippen LogP contribution is 2.31. The largest absolute Gasteiger partial charge is 0.493 e. The topological polar surface area (TPSA) is 97.3 Å². The fourth-order valence-electron chi connectivity index (χ4n) is 4.06. The average molecular weight is 604 g/mol. The van der Waals surface area contributed by atoms with Crippen LogP contribution in [0.1, 0.15) is 27.0 Å². The number of hydrogen-bond acceptors (Lipinski definition) is 6. The van der Waals surface area contributed by atoms with Gasteiger partial charge in [0, 0.05) is 10.6 Å². The predicted octanol–water partition coefficient (Wildman–Crippen LogP) is 6.38. The van der Waals surface area contributed by atoms with E-state index in [1.807, 2.05) is 6.92 Å². The number of carbonyl (C=O) groups excluding carboxylic acids is 1. The maximum absolute atomic E-state index is 13.7. The molecule has 8 nitrogen and oxygen atoms in total. The lowest BCUT2D eigenvalue weighted by Crippen LogP contribution is -2.31. The molecule has 0 aromatic heterocycles. The summed E-state index contributed by atoms with van der Waals surface area (Å²) in [6, 6.07) is 25.3. The van der Waals surface area contributed by atoms with Gasteiger partial charge in [0.15, 0.2) is 11.5 Å². The lowest BCUT2D eigenvalue weighted by Gasteiger charge is -2.26. The van der Waals surface area contributed by atoms with E-state index in [9.17, 15) is 13.2 Å². The van der Waals surface area contributed by atoms with Crippen molar-refractivity contribution < 1.29 is 22.7 Å². The average Bonchev–Trinajstić information content (AvgIpc) is 3.01. The van der Waals surface area contributed by atoms with Gasteiger partial charge >= 0.3 is 0 Å². The predicted molar refractivity (Wildman–Crippen MR) is 166 cm³/mol. The van der Waals surface area contributed by atoms with E-state index >= 15 is 0 Å². The smallest absolute Gasteiger partial charge is 0.271 e. The number of benzene rings is 4. The van der Waals surface area contributed by atoms with Crippen molar-refractivity contribution in [3.63, 3.8) is 0 Å². The first kappa shape index (κ1) is 30.4. The van der Waals surface area contributed by atoms with E-state index in [-0.39, 0.29) is 11.4 Å². The summed E-state index contributed by atoms with van der Waals surface area (Å²) in [6.07, 6.45) is 3.13. The molecule has 1 N–H and O–H groups in total. The molecule has 1 amide bonds. The molecule has 0 atom stereocenters. The third kappa shape index (κ3) is 7.37. The molecule has 42 heavy (non-hydrogen) atoms. The number of halogens is 1. The van der Waals surface area contributed by atoms with Crippen molar-refractivity contribution in [3.05, 3.63) is 131 Å². The third-order valence-corrected chi connectivity index (χ3v) is 8.25. The number of carbonyl (C=O) groups is 1. The number of hydrogen-bond donors (Lipinski definition) is 1. The number of methoxy groups -OCH3 is 1. The minimum absolute atomic E-state index is 0.0345. The second-order valence-corrected chi connectivity index (χ2v) is 11.5. The quantitative estimate of drug-likeness (QED) is 0.115. The van der Waals surface area contributed by atoms with Crippen LogP contribution >= 0.6 is 11.6 Å². The van der Waals surface area contributed by atoms with Crippen LogP contribution < -0.4 is 19.2 Å². The van der Waals surface area contributed by atoms with E-state index in [2.05, 4.69) is 17.1 Å². The Morgan fingerprint density at radius 1 is 1.00 bits per heavy atom. The first-order valence-corrected chi connectivity index (χ1v) is 14.7. The Morgan fingerprint density at radius 2 is 1.74 bits per heavy atom. The van der Waals surface area contributed by atoms with Crippen molar-refractivity contribution in [2.45, 2.75) is 18.4 Å². The zero-order valence-electron chi connectivity index (χ0n) is 23.2. The number of anilines is 1. The maximum atomic E-state index is 13.7. The Labute approximate surface area is 250 Å². The van der Waals surface area contributed by atoms with E-state index in [0.29, 0.717) is 45.5 Å². The van der Waals surface area contributed by atoms with Gasteiger partial charge in [0.2, 0.25) is 0 Å². The fourth-order valence-corrected chi connectivity index (χ4v) is 5.76. The number of aryl methyl sites for hydroxylation is 1. The summed E-state index contributed by atoms with van der Waals surface area (Å²) in [6.45, 7) is 5.84. The van der Waals surface area contributed by atoms with E-state index < -0.39 is 15.9 Å². The van der Waals surface area contributed by atoms with Crippen LogP contribution in [-0.2, 0) is 16.6 Å². The van der Waals surface area contributed by atoms with Gasteiger partial charge in [-0.3, -0.25) is 9.10 Å². The van der Waals surface area contributed by atoms with Gasteiger partial charge in [0.1, 0.15) is 6.61 Å². The second-order valence-electron chi connectivity index (χ2n) is 9.16. The molecular formula is C32H30ClN3O5S. The van der Waals surface area contributed by atoms with Crippen LogP contribution in [-0.4, -0.2) is 34.3 Å². The monoisotopic (exact) mass is 603 g/mol. The van der Waals surface area contributed by atoms with Crippen molar-refractivity contribution in [2.75, 3.05) is 18.0 Å². The molecular weight excluding hydrogens is 574 g/mol. The van der Waals surface area contributed by atoms with Crippen LogP contribution in [0.4, 0.5) is 5.69 Å². The molecule has 4 aromatic carbocycles. The molecule has 0 fully saturated rings. The molecule has 10 heteroatoms. The Balaban J connectivity index is 1.50. The number of nitrogens with zero attached hydrogens (tertiary/aromatic N) is 2. The van der Waals surface area contributed by atoms with Crippen LogP contribution in [0.2, 0.25) is 5.02 Å². The number of sulfonamides is 1. The number of ether oxygens (including phenoxy) is 2. The van der Waals surface area contributed by atoms with Gasteiger partial charge in [-0.05, 0) is 78.2 Å². The Morgan fingerprint density at radius 3 is 2.43 bits per heavy atom. The van der Waals surface area contributed by atoms with Crippen LogP contribution in [0.5, 0.6) is 11.5 Å². The molecule has 0 saturated heterocycles. The van der Waals surface area contributed by atoms with Crippen molar-refractivity contribution in [3.8, 4) is 11.5 Å².